The molecule has 0 aliphatic heterocycles. The molecule has 0 aliphatic rings. The molecule has 2 aromatic carbocycles. The normalized spacial score (nSPS) is 10.4. The molecule has 1 aromatic heterocycles. The maximum absolute atomic E-state index is 12.1. The van der Waals surface area contributed by atoms with Gasteiger partial charge in [-0.25, -0.2) is 4.79 Å². The van der Waals surface area contributed by atoms with Crippen LogP contribution in [0, 0.1) is 13.8 Å². The summed E-state index contributed by atoms with van der Waals surface area (Å²) in [5, 5.41) is 3.90. The maximum Gasteiger partial charge on any atom is 0.337 e. The van der Waals surface area contributed by atoms with Gasteiger partial charge in [0.25, 0.3) is 0 Å². The van der Waals surface area contributed by atoms with Gasteiger partial charge in [-0.2, -0.15) is 0 Å². The first kappa shape index (κ1) is 20.1. The lowest BCUT2D eigenvalue weighted by atomic mass is 10.1. The van der Waals surface area contributed by atoms with Gasteiger partial charge in [-0.1, -0.05) is 17.3 Å². The summed E-state index contributed by atoms with van der Waals surface area (Å²) in [4.78, 5) is 23.5. The molecule has 0 N–H and O–H groups in total. The van der Waals surface area contributed by atoms with Gasteiger partial charge in [-0.3, -0.25) is 4.79 Å². The van der Waals surface area contributed by atoms with Crippen molar-refractivity contribution in [1.29, 1.82) is 0 Å². The summed E-state index contributed by atoms with van der Waals surface area (Å²) in [6.07, 6.45) is 0.114. The first-order chi connectivity index (χ1) is 14.0. The summed E-state index contributed by atoms with van der Waals surface area (Å²) < 4.78 is 20.8. The van der Waals surface area contributed by atoms with E-state index in [1.165, 1.54) is 7.11 Å². The highest BCUT2D eigenvalue weighted by Gasteiger charge is 2.11. The summed E-state index contributed by atoms with van der Waals surface area (Å²) in [5.41, 5.74) is 2.92. The summed E-state index contributed by atoms with van der Waals surface area (Å²) in [7, 11) is 1.31. The van der Waals surface area contributed by atoms with Crippen LogP contribution in [0.4, 0.5) is 0 Å². The highest BCUT2D eigenvalue weighted by molar-refractivity contribution is 5.89. The van der Waals surface area contributed by atoms with Gasteiger partial charge >= 0.3 is 11.9 Å². The van der Waals surface area contributed by atoms with Crippen molar-refractivity contribution in [3.63, 3.8) is 0 Å². The van der Waals surface area contributed by atoms with Crippen LogP contribution >= 0.6 is 0 Å². The minimum absolute atomic E-state index is 0.114. The third-order valence-electron chi connectivity index (χ3n) is 4.34. The monoisotopic (exact) mass is 395 g/mol. The Balaban J connectivity index is 1.52. The SMILES string of the molecule is COC(=O)c1ccc(OC(=O)Cc2ccc(OCc3c(C)noc3C)cc2)cc1. The van der Waals surface area contributed by atoms with Gasteiger partial charge < -0.3 is 18.7 Å². The number of rotatable bonds is 7. The molecule has 0 saturated carbocycles. The molecule has 0 amide bonds. The number of methoxy groups -OCH3 is 1. The van der Waals surface area contributed by atoms with Gasteiger partial charge in [-0.05, 0) is 55.8 Å². The van der Waals surface area contributed by atoms with E-state index in [9.17, 15) is 9.59 Å². The Labute approximate surface area is 168 Å². The molecule has 0 aliphatic carbocycles. The van der Waals surface area contributed by atoms with E-state index in [1.807, 2.05) is 26.0 Å². The fourth-order valence-corrected chi connectivity index (χ4v) is 2.68. The minimum atomic E-state index is -0.445. The van der Waals surface area contributed by atoms with E-state index in [-0.39, 0.29) is 6.42 Å². The Morgan fingerprint density at radius 2 is 1.62 bits per heavy atom. The van der Waals surface area contributed by atoms with Crippen LogP contribution in [0.25, 0.3) is 0 Å². The fraction of sp³-hybridized carbons (Fsp3) is 0.227. The Kier molecular flexibility index (Phi) is 6.29. The van der Waals surface area contributed by atoms with E-state index in [1.54, 1.807) is 36.4 Å². The summed E-state index contributed by atoms with van der Waals surface area (Å²) in [5.74, 6) is 0.934. The Morgan fingerprint density at radius 3 is 2.21 bits per heavy atom. The third-order valence-corrected chi connectivity index (χ3v) is 4.34. The van der Waals surface area contributed by atoms with Crippen LogP contribution in [-0.4, -0.2) is 24.2 Å². The Morgan fingerprint density at radius 1 is 0.966 bits per heavy atom. The zero-order chi connectivity index (χ0) is 20.8. The predicted octanol–water partition coefficient (Wildman–Crippen LogP) is 3.81. The molecule has 0 fully saturated rings. The summed E-state index contributed by atoms with van der Waals surface area (Å²) >= 11 is 0. The lowest BCUT2D eigenvalue weighted by molar-refractivity contribution is -0.133. The van der Waals surface area contributed by atoms with E-state index >= 15 is 0 Å². The van der Waals surface area contributed by atoms with E-state index in [4.69, 9.17) is 14.0 Å². The van der Waals surface area contributed by atoms with Crippen molar-refractivity contribution in [1.82, 2.24) is 5.16 Å². The molecule has 7 nitrogen and oxygen atoms in total. The van der Waals surface area contributed by atoms with Crippen LogP contribution in [0.15, 0.2) is 53.1 Å². The molecule has 7 heteroatoms. The van der Waals surface area contributed by atoms with Gasteiger partial charge in [0.2, 0.25) is 0 Å². The standard InChI is InChI=1S/C22H21NO6/c1-14-20(15(2)29-23-14)13-27-18-8-4-16(5-9-18)12-21(24)28-19-10-6-17(7-11-19)22(25)26-3/h4-11H,12-13H2,1-3H3. The van der Waals surface area contributed by atoms with Crippen molar-refractivity contribution in [2.75, 3.05) is 7.11 Å². The largest absolute Gasteiger partial charge is 0.489 e. The second-order valence-electron chi connectivity index (χ2n) is 6.40. The van der Waals surface area contributed by atoms with Gasteiger partial charge in [0, 0.05) is 0 Å². The van der Waals surface area contributed by atoms with Crippen LogP contribution in [0.5, 0.6) is 11.5 Å². The molecular weight excluding hydrogens is 374 g/mol. The highest BCUT2D eigenvalue weighted by atomic mass is 16.5. The summed E-state index contributed by atoms with van der Waals surface area (Å²) in [6.45, 7) is 4.08. The zero-order valence-electron chi connectivity index (χ0n) is 16.4. The molecule has 0 atom stereocenters. The molecule has 0 radical (unpaired) electrons. The number of hydrogen-bond acceptors (Lipinski definition) is 7. The van der Waals surface area contributed by atoms with Crippen LogP contribution in [0.2, 0.25) is 0 Å². The number of aromatic nitrogens is 1. The van der Waals surface area contributed by atoms with E-state index in [2.05, 4.69) is 9.89 Å². The number of carbonyl (C=O) groups is 2. The molecule has 150 valence electrons. The molecule has 0 saturated heterocycles. The van der Waals surface area contributed by atoms with Gasteiger partial charge in [0.05, 0.1) is 30.4 Å². The first-order valence-electron chi connectivity index (χ1n) is 8.99. The molecule has 0 bridgehead atoms. The molecule has 1 heterocycles. The average molecular weight is 395 g/mol. The van der Waals surface area contributed by atoms with Crippen molar-refractivity contribution < 1.29 is 28.3 Å². The zero-order valence-corrected chi connectivity index (χ0v) is 16.4. The molecule has 0 unspecified atom stereocenters. The quantitative estimate of drug-likeness (QED) is 0.444. The van der Waals surface area contributed by atoms with E-state index < -0.39 is 11.9 Å². The van der Waals surface area contributed by atoms with E-state index in [0.29, 0.717) is 23.7 Å². The van der Waals surface area contributed by atoms with Gasteiger partial charge in [0.15, 0.2) is 0 Å². The smallest absolute Gasteiger partial charge is 0.337 e. The van der Waals surface area contributed by atoms with Crippen LogP contribution in [-0.2, 0) is 22.6 Å². The molecule has 3 rings (SSSR count). The topological polar surface area (TPSA) is 87.9 Å². The highest BCUT2D eigenvalue weighted by Crippen LogP contribution is 2.19. The van der Waals surface area contributed by atoms with Crippen LogP contribution < -0.4 is 9.47 Å². The number of ether oxygens (including phenoxy) is 3. The second kappa shape index (κ2) is 9.05. The first-order valence-corrected chi connectivity index (χ1v) is 8.99. The number of nitrogens with zero attached hydrogens (tertiary/aromatic N) is 1. The lowest BCUT2D eigenvalue weighted by Gasteiger charge is -2.08. The van der Waals surface area contributed by atoms with Crippen molar-refractivity contribution in [2.24, 2.45) is 0 Å². The predicted molar refractivity (Wildman–Crippen MR) is 104 cm³/mol. The van der Waals surface area contributed by atoms with Crippen molar-refractivity contribution in [2.45, 2.75) is 26.9 Å². The number of esters is 2. The number of hydrogen-bond donors (Lipinski definition) is 0. The number of aryl methyl sites for hydroxylation is 2. The molecular formula is C22H21NO6. The number of carbonyl (C=O) groups excluding carboxylic acids is 2. The maximum atomic E-state index is 12.1. The minimum Gasteiger partial charge on any atom is -0.489 e. The third kappa shape index (κ3) is 5.22. The average Bonchev–Trinajstić information content (AvgIpc) is 3.05. The van der Waals surface area contributed by atoms with Crippen LogP contribution in [0.1, 0.15) is 32.9 Å². The van der Waals surface area contributed by atoms with Crippen molar-refractivity contribution in [3.8, 4) is 11.5 Å². The molecule has 0 spiro atoms. The Bertz CT molecular complexity index is 970. The van der Waals surface area contributed by atoms with Crippen molar-refractivity contribution in [3.05, 3.63) is 76.7 Å². The van der Waals surface area contributed by atoms with Crippen molar-refractivity contribution >= 4 is 11.9 Å². The summed E-state index contributed by atoms with van der Waals surface area (Å²) in [6, 6.07) is 13.4. The van der Waals surface area contributed by atoms with Crippen LogP contribution in [0.3, 0.4) is 0 Å². The van der Waals surface area contributed by atoms with E-state index in [0.717, 1.165) is 22.6 Å². The Hall–Kier alpha value is -3.61. The lowest BCUT2D eigenvalue weighted by Crippen LogP contribution is -2.11. The second-order valence-corrected chi connectivity index (χ2v) is 6.40. The molecule has 29 heavy (non-hydrogen) atoms. The van der Waals surface area contributed by atoms with Gasteiger partial charge in [-0.15, -0.1) is 0 Å². The molecule has 3 aromatic rings. The number of benzene rings is 2. The fourth-order valence-electron chi connectivity index (χ4n) is 2.68. The van der Waals surface area contributed by atoms with Gasteiger partial charge in [0.1, 0.15) is 23.9 Å².